The molecule has 1 aromatic heterocycles. The van der Waals surface area contributed by atoms with Gasteiger partial charge in [0.25, 0.3) is 0 Å². The van der Waals surface area contributed by atoms with Gasteiger partial charge in [-0.3, -0.25) is 4.90 Å². The van der Waals surface area contributed by atoms with Gasteiger partial charge in [0.1, 0.15) is 17.2 Å². The number of benzene rings is 2. The Morgan fingerprint density at radius 3 is 2.71 bits per heavy atom. The first-order valence-electron chi connectivity index (χ1n) is 8.35. The Kier molecular flexibility index (Phi) is 3.95. The third-order valence-corrected chi connectivity index (χ3v) is 4.73. The molecule has 122 valence electrons. The van der Waals surface area contributed by atoms with E-state index in [0.717, 1.165) is 42.8 Å². The van der Waals surface area contributed by atoms with Gasteiger partial charge < -0.3 is 4.42 Å². The number of furan rings is 1. The van der Waals surface area contributed by atoms with E-state index in [1.165, 1.54) is 23.3 Å². The molecule has 2 nitrogen and oxygen atoms in total. The second kappa shape index (κ2) is 6.25. The predicted octanol–water partition coefficient (Wildman–Crippen LogP) is 5.17. The predicted molar refractivity (Wildman–Crippen MR) is 95.2 cm³/mol. The van der Waals surface area contributed by atoms with E-state index in [0.29, 0.717) is 5.58 Å². The summed E-state index contributed by atoms with van der Waals surface area (Å²) in [5, 5.41) is 0.999. The van der Waals surface area contributed by atoms with E-state index in [1.54, 1.807) is 6.07 Å². The van der Waals surface area contributed by atoms with Crippen molar-refractivity contribution in [1.29, 1.82) is 0 Å². The second-order valence-corrected chi connectivity index (χ2v) is 6.40. The number of hydrogen-bond donors (Lipinski definition) is 0. The minimum Gasteiger partial charge on any atom is -0.456 e. The molecule has 3 aromatic rings. The average molecular weight is 321 g/mol. The lowest BCUT2D eigenvalue weighted by Crippen LogP contribution is -2.28. The van der Waals surface area contributed by atoms with Crippen LogP contribution in [0.5, 0.6) is 0 Å². The maximum absolute atomic E-state index is 13.4. The Morgan fingerprint density at radius 1 is 1.12 bits per heavy atom. The van der Waals surface area contributed by atoms with Crippen molar-refractivity contribution in [3.63, 3.8) is 0 Å². The Labute approximate surface area is 141 Å². The van der Waals surface area contributed by atoms with Gasteiger partial charge in [-0.25, -0.2) is 4.39 Å². The van der Waals surface area contributed by atoms with Crippen LogP contribution in [0.1, 0.15) is 23.3 Å². The van der Waals surface area contributed by atoms with Crippen molar-refractivity contribution in [3.05, 3.63) is 77.3 Å². The highest BCUT2D eigenvalue weighted by Crippen LogP contribution is 2.33. The van der Waals surface area contributed by atoms with Gasteiger partial charge in [-0.2, -0.15) is 0 Å². The molecule has 2 heterocycles. The highest BCUT2D eigenvalue weighted by molar-refractivity contribution is 5.86. The SMILES string of the molecule is Cc1c(C2=CCN(Cc3ccccc3)CC2)oc2cc(F)ccc12. The summed E-state index contributed by atoms with van der Waals surface area (Å²) in [4.78, 5) is 2.43. The molecule has 0 aliphatic carbocycles. The van der Waals surface area contributed by atoms with Crippen molar-refractivity contribution < 1.29 is 8.81 Å². The summed E-state index contributed by atoms with van der Waals surface area (Å²) in [6, 6.07) is 15.3. The smallest absolute Gasteiger partial charge is 0.137 e. The van der Waals surface area contributed by atoms with Crippen molar-refractivity contribution in [2.24, 2.45) is 0 Å². The standard InChI is InChI=1S/C21H20FNO/c1-15-19-8-7-18(22)13-20(19)24-21(15)17-9-11-23(12-10-17)14-16-5-3-2-4-6-16/h2-9,13H,10-12,14H2,1H3. The number of aryl methyl sites for hydroxylation is 1. The summed E-state index contributed by atoms with van der Waals surface area (Å²) in [6.45, 7) is 4.94. The molecule has 2 aromatic carbocycles. The zero-order chi connectivity index (χ0) is 16.5. The van der Waals surface area contributed by atoms with Crippen molar-refractivity contribution in [2.75, 3.05) is 13.1 Å². The van der Waals surface area contributed by atoms with Crippen molar-refractivity contribution in [1.82, 2.24) is 4.90 Å². The van der Waals surface area contributed by atoms with Crippen LogP contribution in [0.3, 0.4) is 0 Å². The van der Waals surface area contributed by atoms with E-state index < -0.39 is 0 Å². The summed E-state index contributed by atoms with van der Waals surface area (Å²) in [5.74, 6) is 0.657. The molecule has 0 spiro atoms. The summed E-state index contributed by atoms with van der Waals surface area (Å²) in [7, 11) is 0. The van der Waals surface area contributed by atoms with Crippen molar-refractivity contribution in [2.45, 2.75) is 19.9 Å². The summed E-state index contributed by atoms with van der Waals surface area (Å²) < 4.78 is 19.3. The average Bonchev–Trinajstić information content (AvgIpc) is 2.92. The van der Waals surface area contributed by atoms with E-state index in [4.69, 9.17) is 4.42 Å². The van der Waals surface area contributed by atoms with E-state index in [9.17, 15) is 4.39 Å². The first-order chi connectivity index (χ1) is 11.7. The molecule has 0 N–H and O–H groups in total. The van der Waals surface area contributed by atoms with Gasteiger partial charge in [0.2, 0.25) is 0 Å². The van der Waals surface area contributed by atoms with Crippen LogP contribution in [0.15, 0.2) is 59.0 Å². The van der Waals surface area contributed by atoms with Crippen LogP contribution in [-0.4, -0.2) is 18.0 Å². The fraction of sp³-hybridized carbons (Fsp3) is 0.238. The van der Waals surface area contributed by atoms with Gasteiger partial charge in [0.05, 0.1) is 0 Å². The summed E-state index contributed by atoms with van der Waals surface area (Å²) in [5.41, 5.74) is 4.31. The Bertz CT molecular complexity index is 895. The van der Waals surface area contributed by atoms with Crippen LogP contribution >= 0.6 is 0 Å². The van der Waals surface area contributed by atoms with Crippen molar-refractivity contribution in [3.8, 4) is 0 Å². The Hall–Kier alpha value is -2.39. The molecule has 1 aliphatic rings. The second-order valence-electron chi connectivity index (χ2n) is 6.40. The molecule has 0 radical (unpaired) electrons. The van der Waals surface area contributed by atoms with Crippen LogP contribution in [0.25, 0.3) is 16.5 Å². The molecular formula is C21H20FNO. The first-order valence-corrected chi connectivity index (χ1v) is 8.35. The van der Waals surface area contributed by atoms with Crippen LogP contribution in [0.4, 0.5) is 4.39 Å². The summed E-state index contributed by atoms with van der Waals surface area (Å²) in [6.07, 6.45) is 3.20. The van der Waals surface area contributed by atoms with E-state index in [-0.39, 0.29) is 5.82 Å². The third-order valence-electron chi connectivity index (χ3n) is 4.73. The van der Waals surface area contributed by atoms with Crippen LogP contribution < -0.4 is 0 Å². The molecule has 0 unspecified atom stereocenters. The van der Waals surface area contributed by atoms with E-state index >= 15 is 0 Å². The van der Waals surface area contributed by atoms with Crippen molar-refractivity contribution >= 4 is 16.5 Å². The van der Waals surface area contributed by atoms with Gasteiger partial charge in [-0.1, -0.05) is 36.4 Å². The number of rotatable bonds is 3. The molecule has 0 atom stereocenters. The molecule has 0 saturated carbocycles. The lowest BCUT2D eigenvalue weighted by Gasteiger charge is -2.26. The molecule has 0 saturated heterocycles. The Morgan fingerprint density at radius 2 is 1.96 bits per heavy atom. The molecule has 0 fully saturated rings. The maximum Gasteiger partial charge on any atom is 0.137 e. The Balaban J connectivity index is 1.55. The number of hydrogen-bond acceptors (Lipinski definition) is 2. The van der Waals surface area contributed by atoms with Crippen LogP contribution in [0, 0.1) is 12.7 Å². The third kappa shape index (κ3) is 2.87. The highest BCUT2D eigenvalue weighted by Gasteiger charge is 2.19. The van der Waals surface area contributed by atoms with Crippen LogP contribution in [0.2, 0.25) is 0 Å². The van der Waals surface area contributed by atoms with Crippen LogP contribution in [-0.2, 0) is 6.54 Å². The van der Waals surface area contributed by atoms with E-state index in [1.807, 2.05) is 6.07 Å². The molecule has 4 rings (SSSR count). The topological polar surface area (TPSA) is 16.4 Å². The quantitative estimate of drug-likeness (QED) is 0.662. The van der Waals surface area contributed by atoms with Gasteiger partial charge in [0, 0.05) is 36.7 Å². The maximum atomic E-state index is 13.4. The number of nitrogens with zero attached hydrogens (tertiary/aromatic N) is 1. The molecule has 1 aliphatic heterocycles. The molecule has 0 bridgehead atoms. The van der Waals surface area contributed by atoms with E-state index in [2.05, 4.69) is 42.2 Å². The number of fused-ring (bicyclic) bond motifs is 1. The normalized spacial score (nSPS) is 15.7. The molecule has 0 amide bonds. The highest BCUT2D eigenvalue weighted by atomic mass is 19.1. The summed E-state index contributed by atoms with van der Waals surface area (Å²) >= 11 is 0. The zero-order valence-corrected chi connectivity index (χ0v) is 13.8. The first kappa shape index (κ1) is 15.2. The number of halogens is 1. The zero-order valence-electron chi connectivity index (χ0n) is 13.8. The minimum absolute atomic E-state index is 0.255. The molecule has 3 heteroatoms. The fourth-order valence-corrected chi connectivity index (χ4v) is 3.41. The monoisotopic (exact) mass is 321 g/mol. The molecule has 24 heavy (non-hydrogen) atoms. The minimum atomic E-state index is -0.255. The van der Waals surface area contributed by atoms with Gasteiger partial charge in [-0.15, -0.1) is 0 Å². The lowest BCUT2D eigenvalue weighted by molar-refractivity contribution is 0.293. The lowest BCUT2D eigenvalue weighted by atomic mass is 10.0. The molecular weight excluding hydrogens is 301 g/mol. The van der Waals surface area contributed by atoms with Gasteiger partial charge in [0.15, 0.2) is 0 Å². The van der Waals surface area contributed by atoms with Gasteiger partial charge in [-0.05, 0) is 36.6 Å². The fourth-order valence-electron chi connectivity index (χ4n) is 3.41. The van der Waals surface area contributed by atoms with Gasteiger partial charge >= 0.3 is 0 Å². The largest absolute Gasteiger partial charge is 0.456 e.